The molecule has 0 radical (unpaired) electrons. The van der Waals surface area contributed by atoms with Crippen LogP contribution in [-0.2, 0) is 22.0 Å². The Morgan fingerprint density at radius 1 is 0.857 bits per heavy atom. The standard InChI is InChI=1S/C30H54N2O2.BrH/c1-10-11-12-13-14-15-20-32(8,9)21-16-19-31-27(33)18-17-24-22-25(29(2,3)4)28(34)26(23-24)30(5,6)7;/h22-23H,10-21H2,1-9H3,(H-,31,33,34);1H. The van der Waals surface area contributed by atoms with Crippen molar-refractivity contribution < 1.29 is 31.4 Å². The summed E-state index contributed by atoms with van der Waals surface area (Å²) in [4.78, 5) is 12.5. The van der Waals surface area contributed by atoms with Gasteiger partial charge in [0.1, 0.15) is 5.75 Å². The number of aromatic hydroxyl groups is 1. The molecule has 0 saturated heterocycles. The molecule has 0 bridgehead atoms. The molecule has 1 rings (SSSR count). The van der Waals surface area contributed by atoms with E-state index >= 15 is 0 Å². The van der Waals surface area contributed by atoms with Crippen LogP contribution in [0.5, 0.6) is 5.75 Å². The van der Waals surface area contributed by atoms with Gasteiger partial charge in [-0.15, -0.1) is 0 Å². The van der Waals surface area contributed by atoms with Crippen LogP contribution in [0, 0.1) is 0 Å². The number of amides is 1. The summed E-state index contributed by atoms with van der Waals surface area (Å²) >= 11 is 0. The minimum atomic E-state index is -0.150. The second-order valence-electron chi connectivity index (χ2n) is 12.9. The van der Waals surface area contributed by atoms with Crippen LogP contribution in [0.4, 0.5) is 0 Å². The van der Waals surface area contributed by atoms with Gasteiger partial charge >= 0.3 is 0 Å². The van der Waals surface area contributed by atoms with Gasteiger partial charge in [-0.2, -0.15) is 0 Å². The first kappa shape index (κ1) is 33.9. The SMILES string of the molecule is CCCCCCCC[N+](C)(C)CCCNC(=O)CCc1cc(C(C)(C)C)c(O)c(C(C)(C)C)c1.[Br-]. The fourth-order valence-corrected chi connectivity index (χ4v) is 4.50. The summed E-state index contributed by atoms with van der Waals surface area (Å²) in [5, 5.41) is 14.0. The molecular weight excluding hydrogens is 500 g/mol. The van der Waals surface area contributed by atoms with Crippen molar-refractivity contribution in [1.82, 2.24) is 5.32 Å². The van der Waals surface area contributed by atoms with Crippen molar-refractivity contribution in [1.29, 1.82) is 0 Å². The quantitative estimate of drug-likeness (QED) is 0.271. The van der Waals surface area contributed by atoms with E-state index in [2.05, 4.69) is 80.0 Å². The average Bonchev–Trinajstić information content (AvgIpc) is 2.71. The van der Waals surface area contributed by atoms with Gasteiger partial charge in [-0.25, -0.2) is 0 Å². The van der Waals surface area contributed by atoms with Crippen LogP contribution >= 0.6 is 0 Å². The first-order chi connectivity index (χ1) is 15.7. The third-order valence-electron chi connectivity index (χ3n) is 6.81. The van der Waals surface area contributed by atoms with Crippen molar-refractivity contribution in [2.24, 2.45) is 0 Å². The molecule has 204 valence electrons. The molecule has 2 N–H and O–H groups in total. The molecular formula is C30H55BrN2O2. The lowest BCUT2D eigenvalue weighted by atomic mass is 9.78. The number of rotatable bonds is 14. The highest BCUT2D eigenvalue weighted by atomic mass is 79.9. The molecule has 0 spiro atoms. The minimum absolute atomic E-state index is 0. The van der Waals surface area contributed by atoms with Gasteiger partial charge in [0.15, 0.2) is 0 Å². The van der Waals surface area contributed by atoms with Gasteiger partial charge < -0.3 is 31.9 Å². The smallest absolute Gasteiger partial charge is 0.220 e. The van der Waals surface area contributed by atoms with Crippen LogP contribution in [0.25, 0.3) is 0 Å². The largest absolute Gasteiger partial charge is 1.00 e. The van der Waals surface area contributed by atoms with E-state index in [-0.39, 0.29) is 33.7 Å². The van der Waals surface area contributed by atoms with E-state index in [4.69, 9.17) is 0 Å². The molecule has 4 nitrogen and oxygen atoms in total. The topological polar surface area (TPSA) is 49.3 Å². The van der Waals surface area contributed by atoms with Gasteiger partial charge in [-0.1, -0.05) is 86.3 Å². The summed E-state index contributed by atoms with van der Waals surface area (Å²) in [6.45, 7) is 18.0. The number of aryl methyl sites for hydroxylation is 1. The first-order valence-corrected chi connectivity index (χ1v) is 13.6. The van der Waals surface area contributed by atoms with Crippen LogP contribution in [0.15, 0.2) is 12.1 Å². The maximum atomic E-state index is 12.5. The number of hydrogen-bond acceptors (Lipinski definition) is 2. The Balaban J connectivity index is 0.0000116. The normalized spacial score (nSPS) is 12.4. The average molecular weight is 556 g/mol. The number of hydrogen-bond donors (Lipinski definition) is 2. The van der Waals surface area contributed by atoms with Crippen LogP contribution in [0.2, 0.25) is 0 Å². The van der Waals surface area contributed by atoms with E-state index in [0.29, 0.717) is 18.6 Å². The molecule has 0 fully saturated rings. The summed E-state index contributed by atoms with van der Waals surface area (Å²) in [6, 6.07) is 4.17. The number of phenols is 1. The number of nitrogens with one attached hydrogen (secondary N) is 1. The van der Waals surface area contributed by atoms with Gasteiger partial charge in [0.25, 0.3) is 0 Å². The second kappa shape index (κ2) is 15.2. The lowest BCUT2D eigenvalue weighted by Crippen LogP contribution is -3.00. The molecule has 5 heteroatoms. The Labute approximate surface area is 227 Å². The maximum absolute atomic E-state index is 12.5. The number of carbonyl (C=O) groups excluding carboxylic acids is 1. The molecule has 1 aromatic carbocycles. The maximum Gasteiger partial charge on any atom is 0.220 e. The van der Waals surface area contributed by atoms with Crippen molar-refractivity contribution in [2.45, 2.75) is 117 Å². The fourth-order valence-electron chi connectivity index (χ4n) is 4.50. The molecule has 35 heavy (non-hydrogen) atoms. The third kappa shape index (κ3) is 13.2. The Kier molecular flexibility index (Phi) is 14.8. The van der Waals surface area contributed by atoms with Gasteiger partial charge in [-0.3, -0.25) is 4.79 Å². The summed E-state index contributed by atoms with van der Waals surface area (Å²) in [5.41, 5.74) is 2.74. The highest BCUT2D eigenvalue weighted by Gasteiger charge is 2.26. The molecule has 0 aliphatic carbocycles. The van der Waals surface area contributed by atoms with E-state index in [0.717, 1.165) is 40.7 Å². The monoisotopic (exact) mass is 554 g/mol. The van der Waals surface area contributed by atoms with Crippen molar-refractivity contribution in [3.63, 3.8) is 0 Å². The summed E-state index contributed by atoms with van der Waals surface area (Å²) < 4.78 is 1.03. The van der Waals surface area contributed by atoms with E-state index in [1.165, 1.54) is 45.1 Å². The van der Waals surface area contributed by atoms with Crippen molar-refractivity contribution in [2.75, 3.05) is 33.7 Å². The number of benzene rings is 1. The summed E-state index contributed by atoms with van der Waals surface area (Å²) in [5.74, 6) is 0.513. The molecule has 1 aromatic rings. The van der Waals surface area contributed by atoms with E-state index in [9.17, 15) is 9.90 Å². The second-order valence-corrected chi connectivity index (χ2v) is 12.9. The van der Waals surface area contributed by atoms with Gasteiger partial charge in [0.05, 0.1) is 27.2 Å². The first-order valence-electron chi connectivity index (χ1n) is 13.6. The molecule has 0 aliphatic rings. The number of phenolic OH excluding ortho intramolecular Hbond substituents is 1. The van der Waals surface area contributed by atoms with Gasteiger partial charge in [0, 0.05) is 19.4 Å². The lowest BCUT2D eigenvalue weighted by Gasteiger charge is -2.30. The molecule has 1 amide bonds. The number of nitrogens with zero attached hydrogens (tertiary/aromatic N) is 1. The van der Waals surface area contributed by atoms with E-state index in [1.807, 2.05) is 0 Å². The molecule has 0 saturated carbocycles. The highest BCUT2D eigenvalue weighted by Crippen LogP contribution is 2.39. The predicted molar refractivity (Wildman–Crippen MR) is 147 cm³/mol. The highest BCUT2D eigenvalue weighted by molar-refractivity contribution is 5.76. The van der Waals surface area contributed by atoms with E-state index in [1.54, 1.807) is 0 Å². The minimum Gasteiger partial charge on any atom is -1.00 e. The zero-order valence-electron chi connectivity index (χ0n) is 24.3. The molecule has 0 aliphatic heterocycles. The molecule has 0 atom stereocenters. The Morgan fingerprint density at radius 3 is 1.86 bits per heavy atom. The third-order valence-corrected chi connectivity index (χ3v) is 6.81. The van der Waals surface area contributed by atoms with Crippen LogP contribution < -0.4 is 22.3 Å². The Morgan fingerprint density at radius 2 is 1.34 bits per heavy atom. The number of halogens is 1. The van der Waals surface area contributed by atoms with Crippen molar-refractivity contribution in [3.05, 3.63) is 28.8 Å². The number of unbranched alkanes of at least 4 members (excludes halogenated alkanes) is 5. The zero-order valence-corrected chi connectivity index (χ0v) is 25.9. The van der Waals surface area contributed by atoms with Gasteiger partial charge in [-0.05, 0) is 46.8 Å². The van der Waals surface area contributed by atoms with Crippen LogP contribution in [0.3, 0.4) is 0 Å². The molecule has 0 unspecified atom stereocenters. The summed E-state index contributed by atoms with van der Waals surface area (Å²) in [6.07, 6.45) is 10.2. The predicted octanol–water partition coefficient (Wildman–Crippen LogP) is 3.87. The van der Waals surface area contributed by atoms with E-state index < -0.39 is 0 Å². The fraction of sp³-hybridized carbons (Fsp3) is 0.767. The number of carbonyl (C=O) groups is 1. The molecule has 0 aromatic heterocycles. The lowest BCUT2D eigenvalue weighted by molar-refractivity contribution is -0.890. The number of quaternary nitrogens is 1. The van der Waals surface area contributed by atoms with Crippen LogP contribution in [0.1, 0.15) is 117 Å². The molecule has 0 heterocycles. The summed E-state index contributed by atoms with van der Waals surface area (Å²) in [7, 11) is 4.61. The Hall–Kier alpha value is -1.07. The Bertz CT molecular complexity index is 726. The zero-order chi connectivity index (χ0) is 26.0. The van der Waals surface area contributed by atoms with Crippen LogP contribution in [-0.4, -0.2) is 49.2 Å². The van der Waals surface area contributed by atoms with Gasteiger partial charge in [0.2, 0.25) is 5.91 Å². The van der Waals surface area contributed by atoms with Crippen molar-refractivity contribution >= 4 is 5.91 Å². The van der Waals surface area contributed by atoms with Crippen molar-refractivity contribution in [3.8, 4) is 5.75 Å².